The Bertz CT molecular complexity index is 1210. The Hall–Kier alpha value is -4.33. The number of carbonyl (C=O) groups excluding carboxylic acids is 3. The third-order valence-corrected chi connectivity index (χ3v) is 5.27. The van der Waals surface area contributed by atoms with Crippen molar-refractivity contribution < 1.29 is 23.9 Å². The maximum Gasteiger partial charge on any atom is 0.255 e. The summed E-state index contributed by atoms with van der Waals surface area (Å²) in [5.74, 6) is -0.0345. The van der Waals surface area contributed by atoms with Crippen LogP contribution in [0.3, 0.4) is 0 Å². The summed E-state index contributed by atoms with van der Waals surface area (Å²) in [5.41, 5.74) is 2.78. The van der Waals surface area contributed by atoms with Crippen LogP contribution in [0, 0.1) is 6.92 Å². The molecule has 0 atom stereocenters. The van der Waals surface area contributed by atoms with Gasteiger partial charge in [0.1, 0.15) is 11.5 Å². The molecule has 0 unspecified atom stereocenters. The number of carbonyl (C=O) groups is 3. The number of rotatable bonds is 11. The Morgan fingerprint density at radius 1 is 0.750 bits per heavy atom. The minimum absolute atomic E-state index is 0.0691. The van der Waals surface area contributed by atoms with E-state index in [9.17, 15) is 14.4 Å². The number of nitrogens with one attached hydrogen (secondary N) is 3. The second-order valence-corrected chi connectivity index (χ2v) is 7.90. The van der Waals surface area contributed by atoms with Crippen molar-refractivity contribution in [2.75, 3.05) is 30.4 Å². The smallest absolute Gasteiger partial charge is 0.255 e. The highest BCUT2D eigenvalue weighted by Crippen LogP contribution is 2.37. The van der Waals surface area contributed by atoms with E-state index in [1.54, 1.807) is 48.5 Å². The van der Waals surface area contributed by atoms with Gasteiger partial charge < -0.3 is 25.4 Å². The van der Waals surface area contributed by atoms with Crippen molar-refractivity contribution in [2.45, 2.75) is 27.2 Å². The molecule has 188 valence electrons. The van der Waals surface area contributed by atoms with Crippen LogP contribution in [0.5, 0.6) is 11.5 Å². The summed E-state index contributed by atoms with van der Waals surface area (Å²) in [7, 11) is 0. The first-order valence-electron chi connectivity index (χ1n) is 11.9. The van der Waals surface area contributed by atoms with Gasteiger partial charge in [-0.05, 0) is 44.5 Å². The maximum absolute atomic E-state index is 12.7. The summed E-state index contributed by atoms with van der Waals surface area (Å²) < 4.78 is 11.4. The van der Waals surface area contributed by atoms with Crippen LogP contribution in [0.25, 0.3) is 0 Å². The maximum atomic E-state index is 12.7. The Morgan fingerprint density at radius 2 is 1.33 bits per heavy atom. The normalized spacial score (nSPS) is 10.3. The van der Waals surface area contributed by atoms with E-state index in [4.69, 9.17) is 9.47 Å². The number of aryl methyl sites for hydroxylation is 1. The van der Waals surface area contributed by atoms with Gasteiger partial charge in [0.2, 0.25) is 5.91 Å². The van der Waals surface area contributed by atoms with E-state index in [0.717, 1.165) is 5.56 Å². The molecule has 0 spiro atoms. The van der Waals surface area contributed by atoms with Crippen molar-refractivity contribution in [1.82, 2.24) is 5.32 Å². The monoisotopic (exact) mass is 489 g/mol. The Kier molecular flexibility index (Phi) is 9.45. The minimum atomic E-state index is -0.301. The van der Waals surface area contributed by atoms with Gasteiger partial charge >= 0.3 is 0 Å². The van der Waals surface area contributed by atoms with Crippen LogP contribution >= 0.6 is 0 Å². The van der Waals surface area contributed by atoms with E-state index in [2.05, 4.69) is 16.0 Å². The largest absolute Gasteiger partial charge is 0.492 e. The lowest BCUT2D eigenvalue weighted by Gasteiger charge is -2.18. The van der Waals surface area contributed by atoms with Gasteiger partial charge in [-0.3, -0.25) is 14.4 Å². The van der Waals surface area contributed by atoms with Gasteiger partial charge in [-0.2, -0.15) is 0 Å². The molecule has 3 N–H and O–H groups in total. The van der Waals surface area contributed by atoms with Gasteiger partial charge in [0.15, 0.2) is 0 Å². The lowest BCUT2D eigenvalue weighted by atomic mass is 10.1. The summed E-state index contributed by atoms with van der Waals surface area (Å²) in [6.45, 7) is 6.40. The second kappa shape index (κ2) is 12.9. The summed E-state index contributed by atoms with van der Waals surface area (Å²) in [6, 6.07) is 19.3. The van der Waals surface area contributed by atoms with E-state index in [0.29, 0.717) is 47.2 Å². The Balaban J connectivity index is 1.70. The molecule has 3 amide bonds. The zero-order valence-electron chi connectivity index (χ0n) is 20.7. The molecule has 8 heteroatoms. The summed E-state index contributed by atoms with van der Waals surface area (Å²) in [6.07, 6.45) is 0.0691. The molecule has 8 nitrogen and oxygen atoms in total. The summed E-state index contributed by atoms with van der Waals surface area (Å²) >= 11 is 0. The molecule has 0 aliphatic heterocycles. The molecule has 0 fully saturated rings. The van der Waals surface area contributed by atoms with E-state index in [-0.39, 0.29) is 30.7 Å². The third-order valence-electron chi connectivity index (χ3n) is 5.27. The summed E-state index contributed by atoms with van der Waals surface area (Å²) in [5, 5.41) is 8.45. The molecule has 0 bridgehead atoms. The van der Waals surface area contributed by atoms with E-state index < -0.39 is 0 Å². The third kappa shape index (κ3) is 7.09. The highest BCUT2D eigenvalue weighted by atomic mass is 16.5. The van der Waals surface area contributed by atoms with Crippen molar-refractivity contribution in [3.63, 3.8) is 0 Å². The van der Waals surface area contributed by atoms with E-state index in [1.165, 1.54) is 0 Å². The zero-order valence-corrected chi connectivity index (χ0v) is 20.7. The fourth-order valence-electron chi connectivity index (χ4n) is 3.51. The van der Waals surface area contributed by atoms with Crippen LogP contribution in [-0.4, -0.2) is 37.5 Å². The molecule has 0 aromatic heterocycles. The molecule has 36 heavy (non-hydrogen) atoms. The molecule has 0 radical (unpaired) electrons. The van der Waals surface area contributed by atoms with Gasteiger partial charge in [-0.15, -0.1) is 0 Å². The molecule has 3 aromatic rings. The highest BCUT2D eigenvalue weighted by Gasteiger charge is 2.17. The van der Waals surface area contributed by atoms with Crippen molar-refractivity contribution in [3.8, 4) is 11.5 Å². The standard InChI is InChI=1S/C28H31N3O5/c1-4-35-24-18-23(31-27(33)20-12-7-6-8-13-20)25(36-5-2)17-22(24)30-26(32)15-16-29-28(34)21-14-10-9-11-19(21)3/h6-14,17-18H,4-5,15-16H2,1-3H3,(H,29,34)(H,30,32)(H,31,33). The zero-order chi connectivity index (χ0) is 25.9. The van der Waals surface area contributed by atoms with Crippen LogP contribution in [0.4, 0.5) is 11.4 Å². The predicted octanol–water partition coefficient (Wildman–Crippen LogP) is 4.80. The van der Waals surface area contributed by atoms with Gasteiger partial charge in [0.05, 0.1) is 24.6 Å². The van der Waals surface area contributed by atoms with Crippen LogP contribution < -0.4 is 25.4 Å². The van der Waals surface area contributed by atoms with Crippen molar-refractivity contribution >= 4 is 29.1 Å². The predicted molar refractivity (Wildman–Crippen MR) is 140 cm³/mol. The summed E-state index contributed by atoms with van der Waals surface area (Å²) in [4.78, 5) is 37.7. The lowest BCUT2D eigenvalue weighted by molar-refractivity contribution is -0.116. The number of amides is 3. The molecular weight excluding hydrogens is 458 g/mol. The van der Waals surface area contributed by atoms with Crippen LogP contribution in [0.2, 0.25) is 0 Å². The molecule has 0 saturated heterocycles. The first-order valence-corrected chi connectivity index (χ1v) is 11.9. The molecule has 3 rings (SSSR count). The second-order valence-electron chi connectivity index (χ2n) is 7.90. The molecule has 3 aromatic carbocycles. The average Bonchev–Trinajstić information content (AvgIpc) is 2.87. The van der Waals surface area contributed by atoms with E-state index >= 15 is 0 Å². The van der Waals surface area contributed by atoms with E-state index in [1.807, 2.05) is 39.0 Å². The Morgan fingerprint density at radius 3 is 1.94 bits per heavy atom. The number of ether oxygens (including phenoxy) is 2. The number of benzene rings is 3. The van der Waals surface area contributed by atoms with Crippen LogP contribution in [0.1, 0.15) is 46.5 Å². The quantitative estimate of drug-likeness (QED) is 0.359. The van der Waals surface area contributed by atoms with Crippen molar-refractivity contribution in [2.24, 2.45) is 0 Å². The topological polar surface area (TPSA) is 106 Å². The number of hydrogen-bond acceptors (Lipinski definition) is 5. The van der Waals surface area contributed by atoms with Crippen molar-refractivity contribution in [3.05, 3.63) is 83.4 Å². The van der Waals surface area contributed by atoms with Gasteiger partial charge in [-0.25, -0.2) is 0 Å². The van der Waals surface area contributed by atoms with Gasteiger partial charge in [0.25, 0.3) is 11.8 Å². The highest BCUT2D eigenvalue weighted by molar-refractivity contribution is 6.05. The van der Waals surface area contributed by atoms with Crippen LogP contribution in [0.15, 0.2) is 66.7 Å². The first kappa shape index (κ1) is 26.3. The molecular formula is C28H31N3O5. The molecule has 0 heterocycles. The number of anilines is 2. The van der Waals surface area contributed by atoms with Gasteiger partial charge in [0, 0.05) is 36.2 Å². The average molecular weight is 490 g/mol. The molecule has 0 aliphatic rings. The van der Waals surface area contributed by atoms with Crippen LogP contribution in [-0.2, 0) is 4.79 Å². The Labute approximate surface area is 211 Å². The number of hydrogen-bond donors (Lipinski definition) is 3. The fraction of sp³-hybridized carbons (Fsp3) is 0.250. The fourth-order valence-corrected chi connectivity index (χ4v) is 3.51. The van der Waals surface area contributed by atoms with Gasteiger partial charge in [-0.1, -0.05) is 36.4 Å². The molecule has 0 aliphatic carbocycles. The van der Waals surface area contributed by atoms with Crippen molar-refractivity contribution in [1.29, 1.82) is 0 Å². The SMILES string of the molecule is CCOc1cc(NC(=O)c2ccccc2)c(OCC)cc1NC(=O)CCNC(=O)c1ccccc1C. The minimum Gasteiger partial charge on any atom is -0.492 e. The first-order chi connectivity index (χ1) is 17.4. The lowest BCUT2D eigenvalue weighted by Crippen LogP contribution is -2.28. The molecule has 0 saturated carbocycles.